The van der Waals surface area contributed by atoms with Crippen LogP contribution in [0.1, 0.15) is 13.8 Å². The first-order valence-electron chi connectivity index (χ1n) is 4.78. The highest BCUT2D eigenvalue weighted by atomic mass is 16.5. The highest BCUT2D eigenvalue weighted by molar-refractivity contribution is 5.91. The third-order valence-electron chi connectivity index (χ3n) is 1.68. The number of phenolic OH excluding ortho intramolecular Hbond substituents is 1. The molecule has 0 aliphatic heterocycles. The predicted octanol–water partition coefficient (Wildman–Crippen LogP) is 1.76. The van der Waals surface area contributed by atoms with Crippen molar-refractivity contribution in [1.82, 2.24) is 0 Å². The second-order valence-electron chi connectivity index (χ2n) is 3.46. The largest absolute Gasteiger partial charge is 0.508 e. The first kappa shape index (κ1) is 11.5. The molecular weight excluding hydrogens is 194 g/mol. The van der Waals surface area contributed by atoms with E-state index in [-0.39, 0.29) is 24.4 Å². The number of ether oxygens (including phenoxy) is 1. The maximum absolute atomic E-state index is 11.3. The molecule has 82 valence electrons. The third-order valence-corrected chi connectivity index (χ3v) is 1.68. The fraction of sp³-hybridized carbons (Fsp3) is 0.364. The number of nitrogens with one attached hydrogen (secondary N) is 1. The lowest BCUT2D eigenvalue weighted by Gasteiger charge is -2.08. The van der Waals surface area contributed by atoms with E-state index in [9.17, 15) is 4.79 Å². The Labute approximate surface area is 88.9 Å². The van der Waals surface area contributed by atoms with E-state index in [0.29, 0.717) is 5.69 Å². The lowest BCUT2D eigenvalue weighted by atomic mass is 10.3. The molecular formula is C11H15NO3. The summed E-state index contributed by atoms with van der Waals surface area (Å²) >= 11 is 0. The van der Waals surface area contributed by atoms with Gasteiger partial charge in [-0.2, -0.15) is 0 Å². The summed E-state index contributed by atoms with van der Waals surface area (Å²) in [6.07, 6.45) is 0.0277. The molecule has 4 heteroatoms. The second kappa shape index (κ2) is 5.36. The average molecular weight is 209 g/mol. The first-order valence-corrected chi connectivity index (χ1v) is 4.78. The number of carbonyl (C=O) groups is 1. The van der Waals surface area contributed by atoms with Gasteiger partial charge in [0.25, 0.3) is 0 Å². The Morgan fingerprint density at radius 1 is 1.53 bits per heavy atom. The zero-order valence-electron chi connectivity index (χ0n) is 8.86. The van der Waals surface area contributed by atoms with Gasteiger partial charge in [0.15, 0.2) is 0 Å². The van der Waals surface area contributed by atoms with E-state index in [0.717, 1.165) is 0 Å². The van der Waals surface area contributed by atoms with Crippen LogP contribution in [0.15, 0.2) is 24.3 Å². The molecule has 1 rings (SSSR count). The summed E-state index contributed by atoms with van der Waals surface area (Å²) in [6, 6.07) is 6.38. The van der Waals surface area contributed by atoms with Crippen LogP contribution in [0.3, 0.4) is 0 Å². The summed E-state index contributed by atoms with van der Waals surface area (Å²) in [6.45, 7) is 3.75. The number of phenols is 1. The number of amides is 1. The van der Waals surface area contributed by atoms with Crippen molar-refractivity contribution in [2.75, 3.05) is 11.9 Å². The van der Waals surface area contributed by atoms with Gasteiger partial charge in [-0.15, -0.1) is 0 Å². The highest BCUT2D eigenvalue weighted by Gasteiger charge is 2.03. The quantitative estimate of drug-likeness (QED) is 0.794. The summed E-state index contributed by atoms with van der Waals surface area (Å²) in [4.78, 5) is 11.3. The Hall–Kier alpha value is -1.55. The molecule has 4 nitrogen and oxygen atoms in total. The molecule has 0 aliphatic carbocycles. The van der Waals surface area contributed by atoms with E-state index in [2.05, 4.69) is 5.32 Å². The number of hydrogen-bond donors (Lipinski definition) is 2. The number of hydrogen-bond acceptors (Lipinski definition) is 3. The average Bonchev–Trinajstić information content (AvgIpc) is 2.15. The molecule has 2 N–H and O–H groups in total. The predicted molar refractivity (Wildman–Crippen MR) is 57.8 cm³/mol. The van der Waals surface area contributed by atoms with E-state index in [1.807, 2.05) is 13.8 Å². The Kier molecular flexibility index (Phi) is 4.12. The zero-order valence-corrected chi connectivity index (χ0v) is 8.86. The van der Waals surface area contributed by atoms with Gasteiger partial charge in [-0.3, -0.25) is 4.79 Å². The summed E-state index contributed by atoms with van der Waals surface area (Å²) in [5.74, 6) is -0.105. The minimum atomic E-state index is -0.227. The summed E-state index contributed by atoms with van der Waals surface area (Å²) in [5.41, 5.74) is 0.562. The first-order chi connectivity index (χ1) is 7.08. The van der Waals surface area contributed by atoms with Crippen molar-refractivity contribution in [1.29, 1.82) is 0 Å². The van der Waals surface area contributed by atoms with Gasteiger partial charge in [0.2, 0.25) is 5.91 Å². The van der Waals surface area contributed by atoms with Gasteiger partial charge in [-0.05, 0) is 26.0 Å². The monoisotopic (exact) mass is 209 g/mol. The summed E-state index contributed by atoms with van der Waals surface area (Å²) in [5, 5.41) is 11.8. The molecule has 0 fully saturated rings. The minimum absolute atomic E-state index is 0.0212. The summed E-state index contributed by atoms with van der Waals surface area (Å²) < 4.78 is 5.13. The van der Waals surface area contributed by atoms with Gasteiger partial charge in [0.05, 0.1) is 6.10 Å². The Morgan fingerprint density at radius 3 is 2.87 bits per heavy atom. The van der Waals surface area contributed by atoms with Crippen LogP contribution in [0.2, 0.25) is 0 Å². The van der Waals surface area contributed by atoms with Crippen molar-refractivity contribution in [3.8, 4) is 5.75 Å². The van der Waals surface area contributed by atoms with Crippen LogP contribution >= 0.6 is 0 Å². The highest BCUT2D eigenvalue weighted by Crippen LogP contribution is 2.14. The lowest BCUT2D eigenvalue weighted by Crippen LogP contribution is -2.20. The van der Waals surface area contributed by atoms with Crippen LogP contribution in [-0.4, -0.2) is 23.7 Å². The number of aromatic hydroxyl groups is 1. The van der Waals surface area contributed by atoms with Gasteiger partial charge >= 0.3 is 0 Å². The minimum Gasteiger partial charge on any atom is -0.508 e. The molecule has 0 bridgehead atoms. The maximum atomic E-state index is 11.3. The van der Waals surface area contributed by atoms with E-state index < -0.39 is 0 Å². The van der Waals surface area contributed by atoms with Crippen molar-refractivity contribution < 1.29 is 14.6 Å². The molecule has 0 atom stereocenters. The van der Waals surface area contributed by atoms with Crippen molar-refractivity contribution in [3.05, 3.63) is 24.3 Å². The number of benzene rings is 1. The Morgan fingerprint density at radius 2 is 2.27 bits per heavy atom. The van der Waals surface area contributed by atoms with Crippen molar-refractivity contribution in [3.63, 3.8) is 0 Å². The van der Waals surface area contributed by atoms with Gasteiger partial charge in [0.1, 0.15) is 12.4 Å². The number of rotatable bonds is 4. The van der Waals surface area contributed by atoms with E-state index in [4.69, 9.17) is 9.84 Å². The van der Waals surface area contributed by atoms with Gasteiger partial charge in [-0.25, -0.2) is 0 Å². The normalized spacial score (nSPS) is 10.3. The topological polar surface area (TPSA) is 58.6 Å². The smallest absolute Gasteiger partial charge is 0.250 e. The SMILES string of the molecule is CC(C)OCC(=O)Nc1cccc(O)c1. The molecule has 0 spiro atoms. The van der Waals surface area contributed by atoms with Crippen LogP contribution < -0.4 is 5.32 Å². The molecule has 1 amide bonds. The number of carbonyl (C=O) groups excluding carboxylic acids is 1. The van der Waals surface area contributed by atoms with E-state index in [1.54, 1.807) is 18.2 Å². The van der Waals surface area contributed by atoms with Gasteiger partial charge in [-0.1, -0.05) is 6.07 Å². The van der Waals surface area contributed by atoms with Gasteiger partial charge < -0.3 is 15.2 Å². The molecule has 0 aromatic heterocycles. The molecule has 0 saturated carbocycles. The molecule has 15 heavy (non-hydrogen) atoms. The van der Waals surface area contributed by atoms with Gasteiger partial charge in [0, 0.05) is 11.8 Å². The van der Waals surface area contributed by atoms with Crippen LogP contribution in [0.25, 0.3) is 0 Å². The standard InChI is InChI=1S/C11H15NO3/c1-8(2)15-7-11(14)12-9-4-3-5-10(13)6-9/h3-6,8,13H,7H2,1-2H3,(H,12,14). The van der Waals surface area contributed by atoms with Crippen molar-refractivity contribution in [2.24, 2.45) is 0 Å². The molecule has 0 unspecified atom stereocenters. The lowest BCUT2D eigenvalue weighted by molar-refractivity contribution is -0.121. The molecule has 0 heterocycles. The van der Waals surface area contributed by atoms with Crippen molar-refractivity contribution in [2.45, 2.75) is 20.0 Å². The molecule has 0 saturated heterocycles. The molecule has 1 aromatic carbocycles. The van der Waals surface area contributed by atoms with Crippen LogP contribution in [0.5, 0.6) is 5.75 Å². The van der Waals surface area contributed by atoms with Crippen molar-refractivity contribution >= 4 is 11.6 Å². The van der Waals surface area contributed by atoms with Crippen LogP contribution in [0, 0.1) is 0 Å². The fourth-order valence-electron chi connectivity index (χ4n) is 1.02. The second-order valence-corrected chi connectivity index (χ2v) is 3.46. The Balaban J connectivity index is 2.44. The third kappa shape index (κ3) is 4.46. The fourth-order valence-corrected chi connectivity index (χ4v) is 1.02. The Bertz CT molecular complexity index is 336. The van der Waals surface area contributed by atoms with E-state index in [1.165, 1.54) is 6.07 Å². The number of anilines is 1. The molecule has 1 aromatic rings. The summed E-state index contributed by atoms with van der Waals surface area (Å²) in [7, 11) is 0. The zero-order chi connectivity index (χ0) is 11.3. The molecule has 0 radical (unpaired) electrons. The van der Waals surface area contributed by atoms with Crippen LogP contribution in [0.4, 0.5) is 5.69 Å². The molecule has 0 aliphatic rings. The van der Waals surface area contributed by atoms with Crippen LogP contribution in [-0.2, 0) is 9.53 Å². The maximum Gasteiger partial charge on any atom is 0.250 e. The van der Waals surface area contributed by atoms with E-state index >= 15 is 0 Å².